The van der Waals surface area contributed by atoms with Gasteiger partial charge in [0.25, 0.3) is 0 Å². The number of carbonyl (C=O) groups is 2. The Labute approximate surface area is 181 Å². The molecule has 0 aliphatic carbocycles. The first kappa shape index (κ1) is 19.8. The molecule has 0 spiro atoms. The van der Waals surface area contributed by atoms with Crippen molar-refractivity contribution in [3.05, 3.63) is 66.1 Å². The molecule has 5 rings (SSSR count). The summed E-state index contributed by atoms with van der Waals surface area (Å²) in [6.07, 6.45) is 2.84. The molecule has 31 heavy (non-hydrogen) atoms. The monoisotopic (exact) mass is 417 g/mol. The van der Waals surface area contributed by atoms with Gasteiger partial charge in [-0.1, -0.05) is 42.5 Å². The third-order valence-corrected chi connectivity index (χ3v) is 6.54. The Bertz CT molecular complexity index is 1040. The minimum absolute atomic E-state index is 0.0932. The molecule has 1 atom stereocenters. The number of hydrogen-bond acceptors (Lipinski definition) is 4. The molecular formula is C25H27N3O3. The van der Waals surface area contributed by atoms with Crippen molar-refractivity contribution in [2.45, 2.75) is 31.6 Å². The van der Waals surface area contributed by atoms with Crippen molar-refractivity contribution in [3.8, 4) is 0 Å². The molecule has 2 amide bonds. The van der Waals surface area contributed by atoms with Crippen LogP contribution in [-0.4, -0.2) is 52.8 Å². The van der Waals surface area contributed by atoms with E-state index in [1.54, 1.807) is 0 Å². The predicted octanol–water partition coefficient (Wildman–Crippen LogP) is 3.63. The molecule has 2 aliphatic heterocycles. The zero-order chi connectivity index (χ0) is 21.2. The fraction of sp³-hybridized carbons (Fsp3) is 0.400. The molecule has 2 saturated heterocycles. The molecule has 2 aromatic carbocycles. The number of amides is 2. The van der Waals surface area contributed by atoms with E-state index in [0.717, 1.165) is 36.3 Å². The molecule has 0 saturated carbocycles. The number of benzene rings is 2. The van der Waals surface area contributed by atoms with Gasteiger partial charge in [0.15, 0.2) is 11.5 Å². The number of carbonyl (C=O) groups excluding carboxylic acids is 2. The van der Waals surface area contributed by atoms with Gasteiger partial charge in [0.2, 0.25) is 11.8 Å². The Balaban J connectivity index is 1.14. The number of para-hydroxylation sites is 2. The van der Waals surface area contributed by atoms with Crippen LogP contribution >= 0.6 is 0 Å². The van der Waals surface area contributed by atoms with Crippen LogP contribution in [0.15, 0.2) is 59.0 Å². The summed E-state index contributed by atoms with van der Waals surface area (Å²) in [6.45, 7) is 2.59. The molecule has 6 nitrogen and oxygen atoms in total. The molecular weight excluding hydrogens is 390 g/mol. The van der Waals surface area contributed by atoms with Crippen molar-refractivity contribution in [2.24, 2.45) is 5.92 Å². The second-order valence-corrected chi connectivity index (χ2v) is 8.60. The number of oxazole rings is 1. The molecule has 6 heteroatoms. The minimum Gasteiger partial charge on any atom is -0.440 e. The van der Waals surface area contributed by atoms with Crippen molar-refractivity contribution in [1.29, 1.82) is 0 Å². The molecule has 160 valence electrons. The number of aromatic nitrogens is 1. The quantitative estimate of drug-likeness (QED) is 0.636. The lowest BCUT2D eigenvalue weighted by Gasteiger charge is -2.32. The van der Waals surface area contributed by atoms with Crippen molar-refractivity contribution in [1.82, 2.24) is 14.8 Å². The SMILES string of the molecule is O=C1CC(C(=O)N2CCC(c3nc4ccccc4o3)CC2)CN1CCc1ccccc1. The van der Waals surface area contributed by atoms with E-state index in [-0.39, 0.29) is 23.7 Å². The fourth-order valence-electron chi connectivity index (χ4n) is 4.73. The molecule has 3 heterocycles. The van der Waals surface area contributed by atoms with Gasteiger partial charge in [-0.25, -0.2) is 4.98 Å². The molecule has 0 radical (unpaired) electrons. The van der Waals surface area contributed by atoms with Crippen LogP contribution in [0.25, 0.3) is 11.1 Å². The Kier molecular flexibility index (Phi) is 5.45. The van der Waals surface area contributed by atoms with Gasteiger partial charge in [-0.05, 0) is 37.0 Å². The number of nitrogens with zero attached hydrogens (tertiary/aromatic N) is 3. The van der Waals surface area contributed by atoms with Crippen molar-refractivity contribution in [2.75, 3.05) is 26.2 Å². The van der Waals surface area contributed by atoms with Crippen LogP contribution < -0.4 is 0 Å². The van der Waals surface area contributed by atoms with Crippen LogP contribution in [0.5, 0.6) is 0 Å². The van der Waals surface area contributed by atoms with Crippen LogP contribution in [-0.2, 0) is 16.0 Å². The van der Waals surface area contributed by atoms with Crippen molar-refractivity contribution < 1.29 is 14.0 Å². The highest BCUT2D eigenvalue weighted by Gasteiger charge is 2.37. The number of likely N-dealkylation sites (tertiary alicyclic amines) is 2. The van der Waals surface area contributed by atoms with Crippen LogP contribution in [0.1, 0.15) is 36.6 Å². The molecule has 2 aliphatic rings. The van der Waals surface area contributed by atoms with Gasteiger partial charge in [-0.15, -0.1) is 0 Å². The maximum Gasteiger partial charge on any atom is 0.227 e. The van der Waals surface area contributed by atoms with Crippen molar-refractivity contribution in [3.63, 3.8) is 0 Å². The normalized spacial score (nSPS) is 20.0. The third kappa shape index (κ3) is 4.20. The van der Waals surface area contributed by atoms with Gasteiger partial charge in [-0.3, -0.25) is 9.59 Å². The van der Waals surface area contributed by atoms with Gasteiger partial charge in [0.05, 0.1) is 5.92 Å². The number of rotatable bonds is 5. The maximum atomic E-state index is 13.1. The van der Waals surface area contributed by atoms with E-state index >= 15 is 0 Å². The standard InChI is InChI=1S/C25H27N3O3/c29-23-16-20(17-28(23)13-10-18-6-2-1-3-7-18)25(30)27-14-11-19(12-15-27)24-26-21-8-4-5-9-22(21)31-24/h1-9,19-20H,10-17H2. The lowest BCUT2D eigenvalue weighted by molar-refractivity contribution is -0.136. The van der Waals surface area contributed by atoms with Crippen LogP contribution in [0.4, 0.5) is 0 Å². The summed E-state index contributed by atoms with van der Waals surface area (Å²) in [6, 6.07) is 18.0. The second-order valence-electron chi connectivity index (χ2n) is 8.60. The topological polar surface area (TPSA) is 66.7 Å². The lowest BCUT2D eigenvalue weighted by Crippen LogP contribution is -2.42. The Morgan fingerprint density at radius 3 is 2.55 bits per heavy atom. The summed E-state index contributed by atoms with van der Waals surface area (Å²) < 4.78 is 5.93. The summed E-state index contributed by atoms with van der Waals surface area (Å²) in [5.41, 5.74) is 2.92. The van der Waals surface area contributed by atoms with Crippen LogP contribution in [0.2, 0.25) is 0 Å². The van der Waals surface area contributed by atoms with E-state index in [9.17, 15) is 9.59 Å². The third-order valence-electron chi connectivity index (χ3n) is 6.54. The number of piperidine rings is 1. The molecule has 0 N–H and O–H groups in total. The van der Waals surface area contributed by atoms with E-state index in [4.69, 9.17) is 4.42 Å². The fourth-order valence-corrected chi connectivity index (χ4v) is 4.73. The predicted molar refractivity (Wildman–Crippen MR) is 117 cm³/mol. The van der Waals surface area contributed by atoms with Crippen LogP contribution in [0.3, 0.4) is 0 Å². The molecule has 3 aromatic rings. The maximum absolute atomic E-state index is 13.1. The summed E-state index contributed by atoms with van der Waals surface area (Å²) in [4.78, 5) is 33.9. The molecule has 1 aromatic heterocycles. The smallest absolute Gasteiger partial charge is 0.227 e. The summed E-state index contributed by atoms with van der Waals surface area (Å²) in [5.74, 6) is 1.01. The highest BCUT2D eigenvalue weighted by molar-refractivity contribution is 5.89. The van der Waals surface area contributed by atoms with Gasteiger partial charge in [-0.2, -0.15) is 0 Å². The lowest BCUT2D eigenvalue weighted by atomic mass is 9.95. The van der Waals surface area contributed by atoms with E-state index in [1.807, 2.05) is 52.3 Å². The van der Waals surface area contributed by atoms with E-state index < -0.39 is 0 Å². The van der Waals surface area contributed by atoms with Gasteiger partial charge < -0.3 is 14.2 Å². The number of fused-ring (bicyclic) bond motifs is 1. The molecule has 0 bridgehead atoms. The summed E-state index contributed by atoms with van der Waals surface area (Å²) in [7, 11) is 0. The minimum atomic E-state index is -0.218. The zero-order valence-corrected chi connectivity index (χ0v) is 17.6. The summed E-state index contributed by atoms with van der Waals surface area (Å²) >= 11 is 0. The van der Waals surface area contributed by atoms with Crippen molar-refractivity contribution >= 4 is 22.9 Å². The first-order chi connectivity index (χ1) is 15.2. The molecule has 2 fully saturated rings. The largest absolute Gasteiger partial charge is 0.440 e. The van der Waals surface area contributed by atoms with Gasteiger partial charge in [0.1, 0.15) is 5.52 Å². The van der Waals surface area contributed by atoms with E-state index in [0.29, 0.717) is 32.6 Å². The average Bonchev–Trinajstić information content (AvgIpc) is 3.41. The second kappa shape index (κ2) is 8.53. The Morgan fingerprint density at radius 2 is 1.77 bits per heavy atom. The highest BCUT2D eigenvalue weighted by Crippen LogP contribution is 2.31. The van der Waals surface area contributed by atoms with E-state index in [1.165, 1.54) is 5.56 Å². The summed E-state index contributed by atoms with van der Waals surface area (Å²) in [5, 5.41) is 0. The van der Waals surface area contributed by atoms with E-state index in [2.05, 4.69) is 17.1 Å². The van der Waals surface area contributed by atoms with Crippen LogP contribution in [0, 0.1) is 5.92 Å². The zero-order valence-electron chi connectivity index (χ0n) is 17.6. The highest BCUT2D eigenvalue weighted by atomic mass is 16.3. The van der Waals surface area contributed by atoms with Gasteiger partial charge in [0, 0.05) is 38.5 Å². The Hall–Kier alpha value is -3.15. The first-order valence-corrected chi connectivity index (χ1v) is 11.1. The first-order valence-electron chi connectivity index (χ1n) is 11.1. The average molecular weight is 418 g/mol. The van der Waals surface area contributed by atoms with Gasteiger partial charge >= 0.3 is 0 Å². The Morgan fingerprint density at radius 1 is 1.03 bits per heavy atom. The number of hydrogen-bond donors (Lipinski definition) is 0. The molecule has 1 unspecified atom stereocenters.